The van der Waals surface area contributed by atoms with E-state index in [1.54, 1.807) is 19.6 Å². The van der Waals surface area contributed by atoms with Crippen molar-refractivity contribution >= 4 is 5.82 Å². The lowest BCUT2D eigenvalue weighted by molar-refractivity contribution is 0.536. The van der Waals surface area contributed by atoms with Gasteiger partial charge in [0.15, 0.2) is 5.56 Å². The van der Waals surface area contributed by atoms with Crippen molar-refractivity contribution in [1.82, 2.24) is 18.7 Å². The number of nitriles is 1. The van der Waals surface area contributed by atoms with Crippen molar-refractivity contribution in [2.45, 2.75) is 25.4 Å². The molecule has 1 fully saturated rings. The minimum absolute atomic E-state index is 0.0205. The summed E-state index contributed by atoms with van der Waals surface area (Å²) in [5.74, 6) is 0.420. The minimum atomic E-state index is -0.543. The van der Waals surface area contributed by atoms with Gasteiger partial charge in [0, 0.05) is 45.6 Å². The maximum atomic E-state index is 12.3. The predicted octanol–water partition coefficient (Wildman–Crippen LogP) is -0.179. The van der Waals surface area contributed by atoms with Gasteiger partial charge in [-0.3, -0.25) is 13.9 Å². The molecular weight excluding hydrogens is 296 g/mol. The molecule has 1 saturated heterocycles. The lowest BCUT2D eigenvalue weighted by atomic mass is 10.2. The molecule has 0 spiro atoms. The number of hydrogen-bond donors (Lipinski definition) is 0. The molecule has 1 aliphatic heterocycles. The Balaban J connectivity index is 2.09. The van der Waals surface area contributed by atoms with Crippen LogP contribution in [0.15, 0.2) is 28.3 Å². The summed E-state index contributed by atoms with van der Waals surface area (Å²) < 4.78 is 4.34. The van der Waals surface area contributed by atoms with Crippen LogP contribution in [0.3, 0.4) is 0 Å². The van der Waals surface area contributed by atoms with Gasteiger partial charge in [0.1, 0.15) is 11.9 Å². The summed E-state index contributed by atoms with van der Waals surface area (Å²) in [5, 5.41) is 9.42. The van der Waals surface area contributed by atoms with Gasteiger partial charge in [-0.2, -0.15) is 5.26 Å². The van der Waals surface area contributed by atoms with E-state index in [1.165, 1.54) is 11.6 Å². The van der Waals surface area contributed by atoms with E-state index in [0.29, 0.717) is 18.9 Å². The molecular formula is C15H18N6O2. The third kappa shape index (κ3) is 2.44. The zero-order chi connectivity index (χ0) is 16.6. The third-order valence-electron chi connectivity index (χ3n) is 4.38. The van der Waals surface area contributed by atoms with Crippen molar-refractivity contribution in [2.24, 2.45) is 14.1 Å². The molecule has 8 heteroatoms. The van der Waals surface area contributed by atoms with Crippen LogP contribution in [0.5, 0.6) is 0 Å². The van der Waals surface area contributed by atoms with Crippen molar-refractivity contribution in [2.75, 3.05) is 11.4 Å². The summed E-state index contributed by atoms with van der Waals surface area (Å²) in [6.07, 6.45) is 7.23. The van der Waals surface area contributed by atoms with Crippen LogP contribution in [0, 0.1) is 11.3 Å². The SMILES string of the molecule is Cn1c(N2CCCC2Cn2ccnc2)c(C#N)c(=O)n(C)c1=O. The molecule has 1 unspecified atom stereocenters. The van der Waals surface area contributed by atoms with E-state index in [9.17, 15) is 14.9 Å². The fourth-order valence-corrected chi connectivity index (χ4v) is 3.21. The van der Waals surface area contributed by atoms with Crippen LogP contribution in [0.25, 0.3) is 0 Å². The fourth-order valence-electron chi connectivity index (χ4n) is 3.21. The van der Waals surface area contributed by atoms with Crippen molar-refractivity contribution in [3.05, 3.63) is 45.1 Å². The Bertz CT molecular complexity index is 871. The highest BCUT2D eigenvalue weighted by atomic mass is 16.2. The first-order chi connectivity index (χ1) is 11.0. The molecule has 0 amide bonds. The van der Waals surface area contributed by atoms with E-state index in [2.05, 4.69) is 4.98 Å². The molecule has 23 heavy (non-hydrogen) atoms. The normalized spacial score (nSPS) is 17.4. The number of rotatable bonds is 3. The van der Waals surface area contributed by atoms with Crippen LogP contribution in [-0.4, -0.2) is 31.3 Å². The van der Waals surface area contributed by atoms with E-state index in [-0.39, 0.29) is 11.6 Å². The number of hydrogen-bond acceptors (Lipinski definition) is 5. The Hall–Kier alpha value is -2.82. The number of imidazole rings is 1. The number of nitrogens with zero attached hydrogens (tertiary/aromatic N) is 6. The summed E-state index contributed by atoms with van der Waals surface area (Å²) in [7, 11) is 2.99. The van der Waals surface area contributed by atoms with Gasteiger partial charge in [0.2, 0.25) is 0 Å². The monoisotopic (exact) mass is 314 g/mol. The van der Waals surface area contributed by atoms with Crippen molar-refractivity contribution in [3.63, 3.8) is 0 Å². The van der Waals surface area contributed by atoms with E-state index in [1.807, 2.05) is 21.7 Å². The van der Waals surface area contributed by atoms with Gasteiger partial charge in [-0.05, 0) is 12.8 Å². The largest absolute Gasteiger partial charge is 0.352 e. The molecule has 2 aromatic rings. The minimum Gasteiger partial charge on any atom is -0.352 e. The maximum absolute atomic E-state index is 12.3. The van der Waals surface area contributed by atoms with Crippen LogP contribution in [0.4, 0.5) is 5.82 Å². The molecule has 0 N–H and O–H groups in total. The van der Waals surface area contributed by atoms with Crippen molar-refractivity contribution in [3.8, 4) is 6.07 Å². The van der Waals surface area contributed by atoms with Gasteiger partial charge >= 0.3 is 5.69 Å². The van der Waals surface area contributed by atoms with Gasteiger partial charge in [-0.25, -0.2) is 9.78 Å². The van der Waals surface area contributed by atoms with Crippen LogP contribution in [0.1, 0.15) is 18.4 Å². The molecule has 120 valence electrons. The quantitative estimate of drug-likeness (QED) is 0.784. The molecule has 3 rings (SSSR count). The lowest BCUT2D eigenvalue weighted by Crippen LogP contribution is -2.44. The first-order valence-electron chi connectivity index (χ1n) is 7.47. The smallest absolute Gasteiger partial charge is 0.332 e. The van der Waals surface area contributed by atoms with Crippen molar-refractivity contribution in [1.29, 1.82) is 5.26 Å². The lowest BCUT2D eigenvalue weighted by Gasteiger charge is -2.29. The fraction of sp³-hybridized carbons (Fsp3) is 0.467. The van der Waals surface area contributed by atoms with E-state index >= 15 is 0 Å². The molecule has 2 aromatic heterocycles. The maximum Gasteiger partial charge on any atom is 0.332 e. The first-order valence-corrected chi connectivity index (χ1v) is 7.47. The molecule has 1 atom stereocenters. The summed E-state index contributed by atoms with van der Waals surface area (Å²) in [6, 6.07) is 2.09. The standard InChI is InChI=1S/C15H18N6O2/c1-18-13(12(8-16)14(22)19(2)15(18)23)21-6-3-4-11(21)9-20-7-5-17-10-20/h5,7,10-11H,3-4,6,9H2,1-2H3. The highest BCUT2D eigenvalue weighted by Crippen LogP contribution is 2.26. The molecule has 8 nitrogen and oxygen atoms in total. The summed E-state index contributed by atoms with van der Waals surface area (Å²) >= 11 is 0. The second-order valence-corrected chi connectivity index (χ2v) is 5.77. The van der Waals surface area contributed by atoms with Gasteiger partial charge in [0.25, 0.3) is 5.56 Å². The molecule has 0 radical (unpaired) electrons. The van der Waals surface area contributed by atoms with Crippen LogP contribution in [0.2, 0.25) is 0 Å². The second kappa shape index (κ2) is 5.76. The highest BCUT2D eigenvalue weighted by molar-refractivity contribution is 5.54. The van der Waals surface area contributed by atoms with Crippen molar-refractivity contribution < 1.29 is 0 Å². The molecule has 0 aromatic carbocycles. The molecule has 3 heterocycles. The number of anilines is 1. The number of aromatic nitrogens is 4. The molecule has 1 aliphatic rings. The Labute approximate surface area is 132 Å². The highest BCUT2D eigenvalue weighted by Gasteiger charge is 2.30. The Morgan fingerprint density at radius 3 is 2.78 bits per heavy atom. The van der Waals surface area contributed by atoms with Gasteiger partial charge in [-0.15, -0.1) is 0 Å². The third-order valence-corrected chi connectivity index (χ3v) is 4.38. The zero-order valence-electron chi connectivity index (χ0n) is 13.1. The average Bonchev–Trinajstić information content (AvgIpc) is 3.21. The summed E-state index contributed by atoms with van der Waals surface area (Å²) in [4.78, 5) is 30.5. The zero-order valence-corrected chi connectivity index (χ0v) is 13.1. The second-order valence-electron chi connectivity index (χ2n) is 5.77. The van der Waals surface area contributed by atoms with Gasteiger partial charge < -0.3 is 9.47 Å². The molecule has 0 saturated carbocycles. The average molecular weight is 314 g/mol. The van der Waals surface area contributed by atoms with Crippen LogP contribution >= 0.6 is 0 Å². The Kier molecular flexibility index (Phi) is 3.78. The topological polar surface area (TPSA) is 88.8 Å². The summed E-state index contributed by atoms with van der Waals surface area (Å²) in [5.41, 5.74) is -0.941. The van der Waals surface area contributed by atoms with Crippen LogP contribution in [-0.2, 0) is 20.6 Å². The van der Waals surface area contributed by atoms with E-state index < -0.39 is 11.2 Å². The summed E-state index contributed by atoms with van der Waals surface area (Å²) in [6.45, 7) is 1.42. The first kappa shape index (κ1) is 15.1. The predicted molar refractivity (Wildman–Crippen MR) is 84.2 cm³/mol. The Morgan fingerprint density at radius 1 is 1.35 bits per heavy atom. The van der Waals surface area contributed by atoms with Crippen LogP contribution < -0.4 is 16.1 Å². The Morgan fingerprint density at radius 2 is 2.13 bits per heavy atom. The van der Waals surface area contributed by atoms with Gasteiger partial charge in [-0.1, -0.05) is 0 Å². The molecule has 0 bridgehead atoms. The van der Waals surface area contributed by atoms with E-state index in [0.717, 1.165) is 17.4 Å². The molecule has 0 aliphatic carbocycles. The van der Waals surface area contributed by atoms with E-state index in [4.69, 9.17) is 0 Å². The van der Waals surface area contributed by atoms with Gasteiger partial charge in [0.05, 0.1) is 6.33 Å².